The van der Waals surface area contributed by atoms with E-state index in [9.17, 15) is 18.4 Å². The molecule has 0 saturated carbocycles. The van der Waals surface area contributed by atoms with Crippen LogP contribution in [0.2, 0.25) is 0 Å². The quantitative estimate of drug-likeness (QED) is 0.205. The van der Waals surface area contributed by atoms with E-state index in [0.717, 1.165) is 44.6 Å². The molecule has 8 rings (SSSR count). The molecule has 0 N–H and O–H groups in total. The molecule has 0 aliphatic rings. The van der Waals surface area contributed by atoms with Gasteiger partial charge in [-0.05, 0) is 84.8 Å². The largest absolute Gasteiger partial charge is 0.416 e. The van der Waals surface area contributed by atoms with E-state index in [0.29, 0.717) is 38.7 Å². The third-order valence-corrected chi connectivity index (χ3v) is 8.53. The molecule has 4 nitrogen and oxygen atoms in total. The second-order valence-corrected chi connectivity index (χ2v) is 11.2. The lowest BCUT2D eigenvalue weighted by atomic mass is 10.0. The highest BCUT2D eigenvalue weighted by atomic mass is 19.4. The van der Waals surface area contributed by atoms with Crippen molar-refractivity contribution >= 4 is 43.6 Å². The predicted octanol–water partition coefficient (Wildman–Crippen LogP) is 10.1. The van der Waals surface area contributed by atoms with Crippen LogP contribution >= 0.6 is 0 Å². The number of nitrogens with zero attached hydrogens (tertiary/aromatic N) is 4. The number of nitriles is 1. The smallest absolute Gasteiger partial charge is 0.308 e. The molecular formula is C38H23F3N4. The van der Waals surface area contributed by atoms with Crippen molar-refractivity contribution in [2.75, 3.05) is 0 Å². The Kier molecular flexibility index (Phi) is 5.84. The molecule has 0 bridgehead atoms. The van der Waals surface area contributed by atoms with Gasteiger partial charge in [0.25, 0.3) is 0 Å². The van der Waals surface area contributed by atoms with Gasteiger partial charge in [-0.1, -0.05) is 48.0 Å². The number of para-hydroxylation sites is 2. The molecule has 0 radical (unpaired) electrons. The molecule has 0 atom stereocenters. The molecule has 3 heterocycles. The van der Waals surface area contributed by atoms with E-state index in [1.807, 2.05) is 71.3 Å². The fourth-order valence-electron chi connectivity index (χ4n) is 6.55. The SMILES string of the molecule is Cc1ccc2c(c1)c1ccccc1n2-c1cc(-c2ccncc2)cc(-n2c3ccccc3c3cc(C(F)(F)F)ccc32)c1C#N. The van der Waals surface area contributed by atoms with Crippen LogP contribution in [0.5, 0.6) is 0 Å². The lowest BCUT2D eigenvalue weighted by Gasteiger charge is -2.18. The molecule has 0 aliphatic carbocycles. The summed E-state index contributed by atoms with van der Waals surface area (Å²) in [6, 6.07) is 35.8. The zero-order valence-corrected chi connectivity index (χ0v) is 24.0. The summed E-state index contributed by atoms with van der Waals surface area (Å²) in [6.45, 7) is 2.06. The molecule has 0 unspecified atom stereocenters. The first kappa shape index (κ1) is 26.7. The maximum absolute atomic E-state index is 13.8. The van der Waals surface area contributed by atoms with Crippen LogP contribution < -0.4 is 0 Å². The maximum atomic E-state index is 13.8. The number of hydrogen-bond donors (Lipinski definition) is 0. The molecule has 0 fully saturated rings. The van der Waals surface area contributed by atoms with Gasteiger partial charge in [0.05, 0.1) is 39.0 Å². The van der Waals surface area contributed by atoms with Gasteiger partial charge in [-0.15, -0.1) is 0 Å². The number of aromatic nitrogens is 3. The van der Waals surface area contributed by atoms with Gasteiger partial charge in [-0.3, -0.25) is 4.98 Å². The van der Waals surface area contributed by atoms with Crippen LogP contribution in [0.3, 0.4) is 0 Å². The van der Waals surface area contributed by atoms with Crippen molar-refractivity contribution in [2.24, 2.45) is 0 Å². The van der Waals surface area contributed by atoms with E-state index in [2.05, 4.69) is 46.8 Å². The van der Waals surface area contributed by atoms with Gasteiger partial charge in [0.2, 0.25) is 0 Å². The molecule has 0 spiro atoms. The van der Waals surface area contributed by atoms with Crippen molar-refractivity contribution < 1.29 is 13.2 Å². The van der Waals surface area contributed by atoms with E-state index in [1.165, 1.54) is 12.1 Å². The van der Waals surface area contributed by atoms with E-state index < -0.39 is 11.7 Å². The lowest BCUT2D eigenvalue weighted by molar-refractivity contribution is -0.137. The Hall–Kier alpha value is -5.87. The number of hydrogen-bond acceptors (Lipinski definition) is 2. The number of pyridine rings is 1. The summed E-state index contributed by atoms with van der Waals surface area (Å²) in [5.74, 6) is 0. The summed E-state index contributed by atoms with van der Waals surface area (Å²) in [5, 5.41) is 14.2. The van der Waals surface area contributed by atoms with Crippen molar-refractivity contribution in [1.29, 1.82) is 5.26 Å². The van der Waals surface area contributed by atoms with Gasteiger partial charge in [0, 0.05) is 33.9 Å². The summed E-state index contributed by atoms with van der Waals surface area (Å²) in [5.41, 5.74) is 6.99. The van der Waals surface area contributed by atoms with Crippen LogP contribution in [0.1, 0.15) is 16.7 Å². The normalized spacial score (nSPS) is 12.0. The third kappa shape index (κ3) is 4.10. The molecule has 0 saturated heterocycles. The summed E-state index contributed by atoms with van der Waals surface area (Å²) in [7, 11) is 0. The topological polar surface area (TPSA) is 46.5 Å². The fourth-order valence-corrected chi connectivity index (χ4v) is 6.55. The van der Waals surface area contributed by atoms with Gasteiger partial charge in [-0.2, -0.15) is 18.4 Å². The number of rotatable bonds is 3. The minimum atomic E-state index is -4.49. The van der Waals surface area contributed by atoms with Crippen molar-refractivity contribution in [1.82, 2.24) is 14.1 Å². The Morgan fingerprint density at radius 2 is 1.13 bits per heavy atom. The Morgan fingerprint density at radius 1 is 0.600 bits per heavy atom. The number of alkyl halides is 3. The Balaban J connectivity index is 1.54. The molecule has 0 amide bonds. The zero-order chi connectivity index (χ0) is 30.9. The first-order valence-corrected chi connectivity index (χ1v) is 14.4. The molecule has 8 aromatic rings. The maximum Gasteiger partial charge on any atom is 0.416 e. The summed E-state index contributed by atoms with van der Waals surface area (Å²) >= 11 is 0. The molecule has 0 aliphatic heterocycles. The number of aryl methyl sites for hydroxylation is 1. The molecule has 216 valence electrons. The van der Waals surface area contributed by atoms with Gasteiger partial charge in [-0.25, -0.2) is 0 Å². The van der Waals surface area contributed by atoms with Gasteiger partial charge in [0.15, 0.2) is 0 Å². The molecule has 7 heteroatoms. The van der Waals surface area contributed by atoms with Crippen molar-refractivity contribution in [3.63, 3.8) is 0 Å². The Morgan fingerprint density at radius 3 is 1.71 bits per heavy atom. The van der Waals surface area contributed by atoms with E-state index >= 15 is 0 Å². The van der Waals surface area contributed by atoms with Gasteiger partial charge < -0.3 is 9.13 Å². The second kappa shape index (κ2) is 9.83. The average Bonchev–Trinajstić information content (AvgIpc) is 3.56. The predicted molar refractivity (Wildman–Crippen MR) is 173 cm³/mol. The number of benzene rings is 5. The second-order valence-electron chi connectivity index (χ2n) is 11.2. The van der Waals surface area contributed by atoms with E-state index in [4.69, 9.17) is 0 Å². The van der Waals surface area contributed by atoms with Crippen molar-refractivity contribution in [3.05, 3.63) is 138 Å². The monoisotopic (exact) mass is 592 g/mol. The summed E-state index contributed by atoms with van der Waals surface area (Å²) < 4.78 is 45.5. The standard InChI is InChI=1S/C38H23F3N4/c1-23-10-12-34-29(18-23)27-6-2-4-8-32(27)44(34)36-19-25(24-14-16-43-17-15-24)20-37(31(36)22-42)45-33-9-5-3-7-28(33)30-21-26(38(39,40)41)11-13-35(30)45/h2-21H,1H3. The zero-order valence-electron chi connectivity index (χ0n) is 24.0. The summed E-state index contributed by atoms with van der Waals surface area (Å²) in [4.78, 5) is 4.19. The fraction of sp³-hybridized carbons (Fsp3) is 0.0526. The van der Waals surface area contributed by atoms with Gasteiger partial charge >= 0.3 is 6.18 Å². The Labute approximate surface area is 255 Å². The van der Waals surface area contributed by atoms with Crippen LogP contribution in [-0.2, 0) is 6.18 Å². The molecular weight excluding hydrogens is 569 g/mol. The average molecular weight is 593 g/mol. The summed E-state index contributed by atoms with van der Waals surface area (Å²) in [6.07, 6.45) is -1.05. The van der Waals surface area contributed by atoms with E-state index in [1.54, 1.807) is 12.4 Å². The Bertz CT molecular complexity index is 2500. The first-order chi connectivity index (χ1) is 21.8. The van der Waals surface area contributed by atoms with Crippen LogP contribution in [0.25, 0.3) is 66.1 Å². The highest BCUT2D eigenvalue weighted by Crippen LogP contribution is 2.41. The van der Waals surface area contributed by atoms with Crippen LogP contribution in [0.15, 0.2) is 122 Å². The van der Waals surface area contributed by atoms with Crippen LogP contribution in [0, 0.1) is 18.3 Å². The molecule has 3 aromatic heterocycles. The highest BCUT2D eigenvalue weighted by Gasteiger charge is 2.31. The molecule has 5 aromatic carbocycles. The minimum Gasteiger partial charge on any atom is -0.308 e. The van der Waals surface area contributed by atoms with Crippen molar-refractivity contribution in [3.8, 4) is 28.6 Å². The van der Waals surface area contributed by atoms with Crippen LogP contribution in [-0.4, -0.2) is 14.1 Å². The van der Waals surface area contributed by atoms with E-state index in [-0.39, 0.29) is 0 Å². The third-order valence-electron chi connectivity index (χ3n) is 8.53. The number of halogens is 3. The lowest BCUT2D eigenvalue weighted by Crippen LogP contribution is -2.06. The van der Waals surface area contributed by atoms with Crippen molar-refractivity contribution in [2.45, 2.75) is 13.1 Å². The number of fused-ring (bicyclic) bond motifs is 6. The molecule has 45 heavy (non-hydrogen) atoms. The van der Waals surface area contributed by atoms with Gasteiger partial charge in [0.1, 0.15) is 11.6 Å². The highest BCUT2D eigenvalue weighted by molar-refractivity contribution is 6.11. The van der Waals surface area contributed by atoms with Crippen LogP contribution in [0.4, 0.5) is 13.2 Å². The minimum absolute atomic E-state index is 0.401. The first-order valence-electron chi connectivity index (χ1n) is 14.4.